The van der Waals surface area contributed by atoms with Gasteiger partial charge in [0.1, 0.15) is 0 Å². The fraction of sp³-hybridized carbons (Fsp3) is 0.636. The molecule has 1 aliphatic carbocycles. The van der Waals surface area contributed by atoms with E-state index in [1.807, 2.05) is 31.2 Å². The molecule has 1 aliphatic heterocycles. The summed E-state index contributed by atoms with van der Waals surface area (Å²) in [5.41, 5.74) is 1.10. The number of hydrogen-bond acceptors (Lipinski definition) is 3. The predicted octanol–water partition coefficient (Wildman–Crippen LogP) is 3.79. The molecule has 154 valence electrons. The van der Waals surface area contributed by atoms with Crippen LogP contribution in [0, 0.1) is 5.92 Å². The molecule has 0 bridgehead atoms. The van der Waals surface area contributed by atoms with Crippen LogP contribution in [0.2, 0.25) is 0 Å². The molecule has 2 aliphatic rings. The Labute approximate surface area is 176 Å². The van der Waals surface area contributed by atoms with Gasteiger partial charge < -0.3 is 10.6 Å². The van der Waals surface area contributed by atoms with Gasteiger partial charge in [-0.2, -0.15) is 0 Å². The van der Waals surface area contributed by atoms with Crippen LogP contribution in [0.4, 0.5) is 0 Å². The Morgan fingerprint density at radius 2 is 1.71 bits per heavy atom. The van der Waals surface area contributed by atoms with Gasteiger partial charge in [0.05, 0.1) is 12.6 Å². The van der Waals surface area contributed by atoms with Crippen molar-refractivity contribution >= 4 is 27.7 Å². The lowest BCUT2D eigenvalue weighted by molar-refractivity contribution is -0.127. The first kappa shape index (κ1) is 21.3. The van der Waals surface area contributed by atoms with Crippen molar-refractivity contribution in [2.45, 2.75) is 64.0 Å². The molecule has 6 heteroatoms. The highest BCUT2D eigenvalue weighted by atomic mass is 79.9. The van der Waals surface area contributed by atoms with Gasteiger partial charge in [-0.3, -0.25) is 14.5 Å². The average molecular weight is 450 g/mol. The van der Waals surface area contributed by atoms with Gasteiger partial charge in [0.15, 0.2) is 0 Å². The van der Waals surface area contributed by atoms with Gasteiger partial charge in [0.2, 0.25) is 11.8 Å². The predicted molar refractivity (Wildman–Crippen MR) is 115 cm³/mol. The lowest BCUT2D eigenvalue weighted by Crippen LogP contribution is -2.48. The van der Waals surface area contributed by atoms with E-state index in [2.05, 4.69) is 31.5 Å². The van der Waals surface area contributed by atoms with Gasteiger partial charge in [-0.1, -0.05) is 47.3 Å². The van der Waals surface area contributed by atoms with Gasteiger partial charge in [0, 0.05) is 29.5 Å². The van der Waals surface area contributed by atoms with Gasteiger partial charge in [-0.25, -0.2) is 0 Å². The van der Waals surface area contributed by atoms with Crippen LogP contribution in [0.3, 0.4) is 0 Å². The standard InChI is InChI=1S/C22H32BrN3O2/c1-16(17-7-9-19(23)10-8-17)24-21(27)15-26-13-11-20(12-14-26)25-22(28)18-5-3-2-4-6-18/h7-10,16,18,20H,2-6,11-15H2,1H3,(H,24,27)(H,25,28). The smallest absolute Gasteiger partial charge is 0.234 e. The second-order valence-electron chi connectivity index (χ2n) is 8.23. The molecule has 2 N–H and O–H groups in total. The molecule has 1 aromatic carbocycles. The summed E-state index contributed by atoms with van der Waals surface area (Å²) < 4.78 is 1.04. The molecule has 1 saturated carbocycles. The van der Waals surface area contributed by atoms with Crippen molar-refractivity contribution in [2.75, 3.05) is 19.6 Å². The first-order valence-electron chi connectivity index (χ1n) is 10.6. The summed E-state index contributed by atoms with van der Waals surface area (Å²) in [6, 6.07) is 8.28. The summed E-state index contributed by atoms with van der Waals surface area (Å²) in [4.78, 5) is 27.0. The topological polar surface area (TPSA) is 61.4 Å². The number of hydrogen-bond donors (Lipinski definition) is 2. The van der Waals surface area contributed by atoms with Crippen LogP contribution < -0.4 is 10.6 Å². The maximum Gasteiger partial charge on any atom is 0.234 e. The van der Waals surface area contributed by atoms with Crippen LogP contribution in [-0.4, -0.2) is 42.4 Å². The molecule has 0 radical (unpaired) electrons. The molecular weight excluding hydrogens is 418 g/mol. The molecule has 5 nitrogen and oxygen atoms in total. The highest BCUT2D eigenvalue weighted by molar-refractivity contribution is 9.10. The molecule has 1 unspecified atom stereocenters. The number of amides is 2. The number of halogens is 1. The van der Waals surface area contributed by atoms with E-state index in [1.165, 1.54) is 19.3 Å². The van der Waals surface area contributed by atoms with E-state index in [4.69, 9.17) is 0 Å². The summed E-state index contributed by atoms with van der Waals surface area (Å²) in [7, 11) is 0. The van der Waals surface area contributed by atoms with Gasteiger partial charge in [-0.15, -0.1) is 0 Å². The quantitative estimate of drug-likeness (QED) is 0.694. The number of nitrogens with one attached hydrogen (secondary N) is 2. The molecule has 0 aromatic heterocycles. The van der Waals surface area contributed by atoms with Crippen molar-refractivity contribution < 1.29 is 9.59 Å². The van der Waals surface area contributed by atoms with Crippen LogP contribution in [0.1, 0.15) is 63.5 Å². The molecule has 2 fully saturated rings. The summed E-state index contributed by atoms with van der Waals surface area (Å²) in [6.07, 6.45) is 7.57. The molecule has 1 saturated heterocycles. The van der Waals surface area contributed by atoms with Crippen molar-refractivity contribution in [3.63, 3.8) is 0 Å². The summed E-state index contributed by atoms with van der Waals surface area (Å²) in [5, 5.41) is 6.33. The minimum Gasteiger partial charge on any atom is -0.353 e. The number of rotatable bonds is 6. The van der Waals surface area contributed by atoms with Crippen molar-refractivity contribution in [3.05, 3.63) is 34.3 Å². The summed E-state index contributed by atoms with van der Waals surface area (Å²) in [5.74, 6) is 0.525. The third-order valence-electron chi connectivity index (χ3n) is 6.02. The van der Waals surface area contributed by atoms with Crippen LogP contribution in [0.25, 0.3) is 0 Å². The second-order valence-corrected chi connectivity index (χ2v) is 9.15. The lowest BCUT2D eigenvalue weighted by atomic mass is 9.88. The molecule has 3 rings (SSSR count). The van der Waals surface area contributed by atoms with Crippen LogP contribution in [-0.2, 0) is 9.59 Å². The fourth-order valence-corrected chi connectivity index (χ4v) is 4.51. The highest BCUT2D eigenvalue weighted by Gasteiger charge is 2.26. The summed E-state index contributed by atoms with van der Waals surface area (Å²) in [6.45, 7) is 4.14. The molecule has 0 spiro atoms. The van der Waals surface area contributed by atoms with Crippen LogP contribution in [0.15, 0.2) is 28.7 Å². The number of carbonyl (C=O) groups excluding carboxylic acids is 2. The second kappa shape index (κ2) is 10.4. The summed E-state index contributed by atoms with van der Waals surface area (Å²) >= 11 is 3.43. The zero-order valence-corrected chi connectivity index (χ0v) is 18.3. The van der Waals surface area contributed by atoms with E-state index in [9.17, 15) is 9.59 Å². The first-order chi connectivity index (χ1) is 13.5. The molecule has 1 heterocycles. The highest BCUT2D eigenvalue weighted by Crippen LogP contribution is 2.24. The van der Waals surface area contributed by atoms with Crippen molar-refractivity contribution in [2.24, 2.45) is 5.92 Å². The zero-order chi connectivity index (χ0) is 19.9. The van der Waals surface area contributed by atoms with Crippen LogP contribution >= 0.6 is 15.9 Å². The number of carbonyl (C=O) groups is 2. The van der Waals surface area contributed by atoms with E-state index >= 15 is 0 Å². The van der Waals surface area contributed by atoms with E-state index in [1.54, 1.807) is 0 Å². The number of nitrogens with zero attached hydrogens (tertiary/aromatic N) is 1. The Morgan fingerprint density at radius 1 is 1.07 bits per heavy atom. The molecular formula is C22H32BrN3O2. The van der Waals surface area contributed by atoms with E-state index in [0.717, 1.165) is 48.8 Å². The van der Waals surface area contributed by atoms with Crippen molar-refractivity contribution in [1.29, 1.82) is 0 Å². The van der Waals surface area contributed by atoms with E-state index in [-0.39, 0.29) is 29.8 Å². The Balaban J connectivity index is 1.37. The normalized spacial score (nSPS) is 20.5. The van der Waals surface area contributed by atoms with Crippen molar-refractivity contribution in [1.82, 2.24) is 15.5 Å². The van der Waals surface area contributed by atoms with Gasteiger partial charge >= 0.3 is 0 Å². The lowest BCUT2D eigenvalue weighted by Gasteiger charge is -2.33. The van der Waals surface area contributed by atoms with E-state index < -0.39 is 0 Å². The molecule has 1 atom stereocenters. The maximum atomic E-state index is 12.4. The molecule has 2 amide bonds. The Morgan fingerprint density at radius 3 is 2.36 bits per heavy atom. The Kier molecular flexibility index (Phi) is 7.91. The average Bonchev–Trinajstić information content (AvgIpc) is 2.70. The molecule has 1 aromatic rings. The third-order valence-corrected chi connectivity index (χ3v) is 6.55. The first-order valence-corrected chi connectivity index (χ1v) is 11.4. The number of benzene rings is 1. The largest absolute Gasteiger partial charge is 0.353 e. The monoisotopic (exact) mass is 449 g/mol. The zero-order valence-electron chi connectivity index (χ0n) is 16.8. The fourth-order valence-electron chi connectivity index (χ4n) is 4.24. The van der Waals surface area contributed by atoms with Gasteiger partial charge in [-0.05, 0) is 50.3 Å². The third kappa shape index (κ3) is 6.31. The maximum absolute atomic E-state index is 12.4. The Bertz CT molecular complexity index is 650. The minimum atomic E-state index is -0.00656. The molecule has 28 heavy (non-hydrogen) atoms. The number of likely N-dealkylation sites (tertiary alicyclic amines) is 1. The number of piperidine rings is 1. The van der Waals surface area contributed by atoms with Crippen LogP contribution in [0.5, 0.6) is 0 Å². The van der Waals surface area contributed by atoms with E-state index in [0.29, 0.717) is 6.54 Å². The van der Waals surface area contributed by atoms with Gasteiger partial charge in [0.25, 0.3) is 0 Å². The van der Waals surface area contributed by atoms with Crippen molar-refractivity contribution in [3.8, 4) is 0 Å². The Hall–Kier alpha value is -1.40. The SMILES string of the molecule is CC(NC(=O)CN1CCC(NC(=O)C2CCCCC2)CC1)c1ccc(Br)cc1. The minimum absolute atomic E-state index is 0.00656.